The predicted octanol–water partition coefficient (Wildman–Crippen LogP) is 1.53. The fraction of sp³-hybridized carbons (Fsp3) is 0.579. The van der Waals surface area contributed by atoms with E-state index in [-0.39, 0.29) is 11.6 Å². The maximum Gasteiger partial charge on any atom is 0.326 e. The average Bonchev–Trinajstić information content (AvgIpc) is 2.96. The summed E-state index contributed by atoms with van der Waals surface area (Å²) >= 11 is 0. The molecule has 0 radical (unpaired) electrons. The zero-order chi connectivity index (χ0) is 18.7. The topological polar surface area (TPSA) is 70.6 Å². The van der Waals surface area contributed by atoms with Crippen LogP contribution in [0.2, 0.25) is 0 Å². The van der Waals surface area contributed by atoms with Crippen molar-refractivity contribution in [1.29, 1.82) is 0 Å². The minimum absolute atomic E-state index is 0.0261. The van der Waals surface area contributed by atoms with Gasteiger partial charge in [0.25, 0.3) is 5.91 Å². The van der Waals surface area contributed by atoms with E-state index in [0.717, 1.165) is 31.7 Å². The van der Waals surface area contributed by atoms with E-state index < -0.39 is 0 Å². The molecule has 26 heavy (non-hydrogen) atoms. The summed E-state index contributed by atoms with van der Waals surface area (Å²) in [6, 6.07) is 5.94. The van der Waals surface area contributed by atoms with Gasteiger partial charge in [-0.3, -0.25) is 14.3 Å². The largest absolute Gasteiger partial charge is 0.380 e. The summed E-state index contributed by atoms with van der Waals surface area (Å²) in [7, 11) is 0. The number of aromatic nitrogens is 2. The van der Waals surface area contributed by atoms with Crippen LogP contribution in [0, 0.1) is 0 Å². The molecule has 1 aliphatic rings. The van der Waals surface area contributed by atoms with Crippen LogP contribution in [0.5, 0.6) is 0 Å². The van der Waals surface area contributed by atoms with E-state index in [1.807, 2.05) is 24.0 Å². The van der Waals surface area contributed by atoms with Gasteiger partial charge in [0.15, 0.2) is 0 Å². The molecule has 3 rings (SSSR count). The van der Waals surface area contributed by atoms with Crippen LogP contribution in [-0.2, 0) is 11.3 Å². The van der Waals surface area contributed by atoms with Crippen molar-refractivity contribution in [2.45, 2.75) is 33.4 Å². The quantitative estimate of drug-likeness (QED) is 0.793. The molecule has 2 heterocycles. The molecule has 0 bridgehead atoms. The summed E-state index contributed by atoms with van der Waals surface area (Å²) in [6.07, 6.45) is 0. The number of imidazole rings is 1. The van der Waals surface area contributed by atoms with E-state index >= 15 is 0 Å². The van der Waals surface area contributed by atoms with E-state index in [0.29, 0.717) is 36.9 Å². The Morgan fingerprint density at radius 1 is 1.23 bits per heavy atom. The molecule has 2 aromatic rings. The highest BCUT2D eigenvalue weighted by Gasteiger charge is 2.23. The lowest BCUT2D eigenvalue weighted by Crippen LogP contribution is -2.50. The number of rotatable bonds is 6. The molecule has 0 unspecified atom stereocenters. The Hall–Kier alpha value is -2.12. The number of carbonyl (C=O) groups is 1. The molecular formula is C19H28N4O3. The first-order valence-electron chi connectivity index (χ1n) is 9.35. The summed E-state index contributed by atoms with van der Waals surface area (Å²) in [5.74, 6) is 0.0261. The van der Waals surface area contributed by atoms with Crippen molar-refractivity contribution in [3.05, 3.63) is 34.2 Å². The number of H-pyrrole nitrogens is 1. The van der Waals surface area contributed by atoms with Crippen LogP contribution in [0.1, 0.15) is 31.1 Å². The summed E-state index contributed by atoms with van der Waals surface area (Å²) in [5, 5.41) is 0. The number of benzene rings is 1. The molecule has 0 saturated carbocycles. The SMILES string of the molecule is CCOCCn1c(=O)[nH]c2cc(C(=O)N3CCN(C(C)C)CC3)ccc21. The number of piperazine rings is 1. The Morgan fingerprint density at radius 3 is 2.62 bits per heavy atom. The molecule has 1 N–H and O–H groups in total. The molecule has 7 nitrogen and oxygen atoms in total. The monoisotopic (exact) mass is 360 g/mol. The molecule has 0 aliphatic carbocycles. The lowest BCUT2D eigenvalue weighted by atomic mass is 10.1. The third kappa shape index (κ3) is 3.83. The Bertz CT molecular complexity index is 816. The maximum absolute atomic E-state index is 12.8. The van der Waals surface area contributed by atoms with Crippen LogP contribution < -0.4 is 5.69 Å². The van der Waals surface area contributed by atoms with Gasteiger partial charge in [0, 0.05) is 44.4 Å². The van der Waals surface area contributed by atoms with Gasteiger partial charge in [0.1, 0.15) is 0 Å². The smallest absolute Gasteiger partial charge is 0.326 e. The molecule has 1 aliphatic heterocycles. The number of hydrogen-bond acceptors (Lipinski definition) is 4. The number of nitrogens with one attached hydrogen (secondary N) is 1. The fourth-order valence-corrected chi connectivity index (χ4v) is 3.44. The zero-order valence-corrected chi connectivity index (χ0v) is 15.8. The zero-order valence-electron chi connectivity index (χ0n) is 15.8. The number of aromatic amines is 1. The molecule has 0 atom stereocenters. The summed E-state index contributed by atoms with van der Waals surface area (Å²) < 4.78 is 6.99. The van der Waals surface area contributed by atoms with Gasteiger partial charge in [-0.25, -0.2) is 4.79 Å². The van der Waals surface area contributed by atoms with E-state index in [2.05, 4.69) is 23.7 Å². The second-order valence-corrected chi connectivity index (χ2v) is 6.93. The van der Waals surface area contributed by atoms with Crippen LogP contribution in [0.15, 0.2) is 23.0 Å². The first kappa shape index (κ1) is 18.7. The van der Waals surface area contributed by atoms with E-state index in [1.54, 1.807) is 10.6 Å². The maximum atomic E-state index is 12.8. The van der Waals surface area contributed by atoms with Crippen LogP contribution in [0.25, 0.3) is 11.0 Å². The Kier molecular flexibility index (Phi) is 5.78. The first-order valence-corrected chi connectivity index (χ1v) is 9.35. The molecule has 1 saturated heterocycles. The van der Waals surface area contributed by atoms with Gasteiger partial charge in [0.05, 0.1) is 24.2 Å². The van der Waals surface area contributed by atoms with Gasteiger partial charge >= 0.3 is 5.69 Å². The van der Waals surface area contributed by atoms with Gasteiger partial charge in [-0.1, -0.05) is 0 Å². The van der Waals surface area contributed by atoms with Crippen molar-refractivity contribution in [2.24, 2.45) is 0 Å². The lowest BCUT2D eigenvalue weighted by molar-refractivity contribution is 0.0595. The molecule has 7 heteroatoms. The van der Waals surface area contributed by atoms with Crippen molar-refractivity contribution in [3.63, 3.8) is 0 Å². The first-order chi connectivity index (χ1) is 12.5. The highest BCUT2D eigenvalue weighted by Crippen LogP contribution is 2.16. The van der Waals surface area contributed by atoms with Crippen LogP contribution in [-0.4, -0.2) is 70.7 Å². The molecule has 0 spiro atoms. The Morgan fingerprint density at radius 2 is 1.96 bits per heavy atom. The van der Waals surface area contributed by atoms with E-state index in [4.69, 9.17) is 4.74 Å². The molecule has 142 valence electrons. The number of hydrogen-bond donors (Lipinski definition) is 1. The summed E-state index contributed by atoms with van der Waals surface area (Å²) in [6.45, 7) is 11.2. The van der Waals surface area contributed by atoms with Crippen molar-refractivity contribution in [3.8, 4) is 0 Å². The van der Waals surface area contributed by atoms with Gasteiger partial charge in [-0.2, -0.15) is 0 Å². The second-order valence-electron chi connectivity index (χ2n) is 6.93. The Balaban J connectivity index is 1.75. The van der Waals surface area contributed by atoms with Crippen molar-refractivity contribution in [1.82, 2.24) is 19.4 Å². The highest BCUT2D eigenvalue weighted by molar-refractivity contribution is 5.97. The van der Waals surface area contributed by atoms with Crippen LogP contribution in [0.3, 0.4) is 0 Å². The highest BCUT2D eigenvalue weighted by atomic mass is 16.5. The minimum atomic E-state index is -0.171. The number of fused-ring (bicyclic) bond motifs is 1. The number of amides is 1. The molecule has 1 amide bonds. The van der Waals surface area contributed by atoms with Crippen LogP contribution in [0.4, 0.5) is 0 Å². The predicted molar refractivity (Wildman–Crippen MR) is 102 cm³/mol. The van der Waals surface area contributed by atoms with Gasteiger partial charge < -0.3 is 14.6 Å². The second kappa shape index (κ2) is 8.05. The lowest BCUT2D eigenvalue weighted by Gasteiger charge is -2.37. The average molecular weight is 360 g/mol. The van der Waals surface area contributed by atoms with Gasteiger partial charge in [-0.15, -0.1) is 0 Å². The van der Waals surface area contributed by atoms with Crippen molar-refractivity contribution in [2.75, 3.05) is 39.4 Å². The van der Waals surface area contributed by atoms with Gasteiger partial charge in [-0.05, 0) is 39.0 Å². The molecular weight excluding hydrogens is 332 g/mol. The third-order valence-corrected chi connectivity index (χ3v) is 5.02. The number of ether oxygens (including phenoxy) is 1. The van der Waals surface area contributed by atoms with Crippen LogP contribution >= 0.6 is 0 Å². The number of nitrogens with zero attached hydrogens (tertiary/aromatic N) is 3. The molecule has 1 aromatic heterocycles. The number of carbonyl (C=O) groups excluding carboxylic acids is 1. The van der Waals surface area contributed by atoms with Crippen molar-refractivity contribution < 1.29 is 9.53 Å². The van der Waals surface area contributed by atoms with E-state index in [9.17, 15) is 9.59 Å². The summed E-state index contributed by atoms with van der Waals surface area (Å²) in [5.41, 5.74) is 1.94. The van der Waals surface area contributed by atoms with Gasteiger partial charge in [0.2, 0.25) is 0 Å². The van der Waals surface area contributed by atoms with E-state index in [1.165, 1.54) is 0 Å². The normalized spacial score (nSPS) is 15.9. The Labute approximate surface area is 153 Å². The standard InChI is InChI=1S/C19H28N4O3/c1-4-26-12-11-23-17-6-5-15(13-16(17)20-19(23)25)18(24)22-9-7-21(8-10-22)14(2)3/h5-6,13-14H,4,7-12H2,1-3H3,(H,20,25). The van der Waals surface area contributed by atoms with Crippen molar-refractivity contribution >= 4 is 16.9 Å². The molecule has 1 fully saturated rings. The third-order valence-electron chi connectivity index (χ3n) is 5.02. The summed E-state index contributed by atoms with van der Waals surface area (Å²) in [4.78, 5) is 32.1. The fourth-order valence-electron chi connectivity index (χ4n) is 3.44. The minimum Gasteiger partial charge on any atom is -0.380 e. The molecule has 1 aromatic carbocycles.